The first-order valence-electron chi connectivity index (χ1n) is 9.32. The van der Waals surface area contributed by atoms with Gasteiger partial charge in [-0.3, -0.25) is 4.98 Å². The number of hydrogen-bond donors (Lipinski definition) is 2. The number of alkyl halides is 2. The van der Waals surface area contributed by atoms with Gasteiger partial charge in [-0.1, -0.05) is 12.5 Å². The summed E-state index contributed by atoms with van der Waals surface area (Å²) in [6.45, 7) is 0. The molecule has 1 fully saturated rings. The third-order valence-corrected chi connectivity index (χ3v) is 5.31. The summed E-state index contributed by atoms with van der Waals surface area (Å²) >= 11 is 0. The van der Waals surface area contributed by atoms with Crippen molar-refractivity contribution in [2.45, 2.75) is 37.5 Å². The number of phenols is 1. The van der Waals surface area contributed by atoms with Gasteiger partial charge in [-0.25, -0.2) is 13.2 Å². The maximum absolute atomic E-state index is 14.4. The van der Waals surface area contributed by atoms with Crippen LogP contribution in [0.2, 0.25) is 0 Å². The number of para-hydroxylation sites is 1. The molecule has 1 saturated carbocycles. The van der Waals surface area contributed by atoms with Gasteiger partial charge >= 0.3 is 0 Å². The predicted molar refractivity (Wildman–Crippen MR) is 103 cm³/mol. The molecular formula is C21H19F3N4O. The average molecular weight is 400 g/mol. The Morgan fingerprint density at radius 2 is 1.86 bits per heavy atom. The van der Waals surface area contributed by atoms with Crippen LogP contribution in [0.15, 0.2) is 42.6 Å². The molecule has 0 aliphatic heterocycles. The van der Waals surface area contributed by atoms with E-state index < -0.39 is 23.4 Å². The van der Waals surface area contributed by atoms with Gasteiger partial charge in [0.15, 0.2) is 17.4 Å². The van der Waals surface area contributed by atoms with E-state index in [-0.39, 0.29) is 23.5 Å². The molecule has 0 radical (unpaired) electrons. The molecule has 3 aromatic rings. The number of anilines is 1. The molecule has 1 aliphatic carbocycles. The van der Waals surface area contributed by atoms with E-state index in [9.17, 15) is 18.3 Å². The van der Waals surface area contributed by atoms with Crippen LogP contribution < -0.4 is 5.73 Å². The highest BCUT2D eigenvalue weighted by Crippen LogP contribution is 2.45. The van der Waals surface area contributed by atoms with E-state index in [0.717, 1.165) is 12.5 Å². The van der Waals surface area contributed by atoms with Crippen LogP contribution in [0.5, 0.6) is 5.75 Å². The second-order valence-electron chi connectivity index (χ2n) is 7.20. The van der Waals surface area contributed by atoms with Crippen molar-refractivity contribution in [1.82, 2.24) is 15.2 Å². The number of nitrogens with zero attached hydrogens (tertiary/aromatic N) is 3. The highest BCUT2D eigenvalue weighted by Gasteiger charge is 2.42. The molecule has 2 aromatic heterocycles. The fourth-order valence-electron chi connectivity index (χ4n) is 3.78. The number of rotatable bonds is 3. The van der Waals surface area contributed by atoms with Gasteiger partial charge in [0.25, 0.3) is 5.92 Å². The molecule has 4 rings (SSSR count). The first-order valence-corrected chi connectivity index (χ1v) is 9.32. The zero-order valence-electron chi connectivity index (χ0n) is 15.4. The first-order chi connectivity index (χ1) is 13.9. The van der Waals surface area contributed by atoms with Crippen LogP contribution >= 0.6 is 0 Å². The quantitative estimate of drug-likeness (QED) is 0.651. The second-order valence-corrected chi connectivity index (χ2v) is 7.20. The molecule has 0 bridgehead atoms. The molecule has 5 nitrogen and oxygen atoms in total. The summed E-state index contributed by atoms with van der Waals surface area (Å²) in [5.41, 5.74) is 7.53. The van der Waals surface area contributed by atoms with Gasteiger partial charge < -0.3 is 10.8 Å². The lowest BCUT2D eigenvalue weighted by molar-refractivity contribution is -0.0547. The monoisotopic (exact) mass is 400 g/mol. The Hall–Kier alpha value is -3.16. The normalized spacial score (nSPS) is 18.5. The molecular weight excluding hydrogens is 381 g/mol. The summed E-state index contributed by atoms with van der Waals surface area (Å²) in [5, 5.41) is 17.8. The number of pyridine rings is 1. The maximum Gasteiger partial charge on any atom is 0.254 e. The van der Waals surface area contributed by atoms with E-state index in [1.54, 1.807) is 12.1 Å². The molecule has 0 saturated heterocycles. The number of halogens is 3. The fourth-order valence-corrected chi connectivity index (χ4v) is 3.78. The molecule has 29 heavy (non-hydrogen) atoms. The lowest BCUT2D eigenvalue weighted by Gasteiger charge is -2.31. The summed E-state index contributed by atoms with van der Waals surface area (Å²) in [4.78, 5) is 4.26. The summed E-state index contributed by atoms with van der Waals surface area (Å²) in [6.07, 6.45) is 3.01. The van der Waals surface area contributed by atoms with Crippen LogP contribution in [-0.4, -0.2) is 26.2 Å². The van der Waals surface area contributed by atoms with E-state index in [0.29, 0.717) is 29.7 Å². The summed E-state index contributed by atoms with van der Waals surface area (Å²) in [6, 6.07) is 8.76. The molecule has 0 unspecified atom stereocenters. The number of nitrogen functional groups attached to an aromatic ring is 1. The molecule has 1 aromatic carbocycles. The molecule has 0 amide bonds. The standard InChI is InChI=1S/C21H19F3N4O/c22-16-6-3-4-13(19(16)29)18-11-14(20(25)28-27-18)17-10-12(7-9-26-17)15-5-1-2-8-21(15,23)24/h3-4,6-7,9-11,15,29H,1-2,5,8H2,(H2,25,28)/t15-/m1/s1. The zero-order valence-corrected chi connectivity index (χ0v) is 15.4. The van der Waals surface area contributed by atoms with Crippen molar-refractivity contribution in [2.24, 2.45) is 0 Å². The third-order valence-electron chi connectivity index (χ3n) is 5.31. The maximum atomic E-state index is 14.4. The Kier molecular flexibility index (Phi) is 4.86. The van der Waals surface area contributed by atoms with Crippen molar-refractivity contribution in [1.29, 1.82) is 0 Å². The Morgan fingerprint density at radius 1 is 1.03 bits per heavy atom. The number of aromatic hydroxyl groups is 1. The Bertz CT molecular complexity index is 1060. The van der Waals surface area contributed by atoms with Gasteiger partial charge in [0, 0.05) is 29.7 Å². The SMILES string of the molecule is Nc1nnc(-c2cccc(F)c2O)cc1-c1cc([C@H]2CCCCC2(F)F)ccn1. The predicted octanol–water partition coefficient (Wildman–Crippen LogP) is 4.93. The van der Waals surface area contributed by atoms with Crippen LogP contribution in [0.1, 0.15) is 37.2 Å². The lowest BCUT2D eigenvalue weighted by atomic mass is 9.81. The number of hydrogen-bond acceptors (Lipinski definition) is 5. The van der Waals surface area contributed by atoms with Crippen LogP contribution in [0.4, 0.5) is 19.0 Å². The van der Waals surface area contributed by atoms with Crippen molar-refractivity contribution in [3.05, 3.63) is 54.0 Å². The first kappa shape index (κ1) is 19.2. The number of phenolic OH excluding ortho intramolecular Hbond substituents is 1. The second kappa shape index (κ2) is 7.35. The van der Waals surface area contributed by atoms with Crippen LogP contribution in [0, 0.1) is 5.82 Å². The molecule has 2 heterocycles. The van der Waals surface area contributed by atoms with Crippen molar-refractivity contribution in [3.63, 3.8) is 0 Å². The minimum atomic E-state index is -2.77. The molecule has 8 heteroatoms. The van der Waals surface area contributed by atoms with Gasteiger partial charge in [-0.15, -0.1) is 10.2 Å². The van der Waals surface area contributed by atoms with Gasteiger partial charge in [-0.05, 0) is 48.7 Å². The minimum absolute atomic E-state index is 0.0599. The summed E-state index contributed by atoms with van der Waals surface area (Å²) < 4.78 is 42.5. The highest BCUT2D eigenvalue weighted by molar-refractivity contribution is 5.77. The molecule has 0 spiro atoms. The lowest BCUT2D eigenvalue weighted by Crippen LogP contribution is -2.29. The topological polar surface area (TPSA) is 84.9 Å². The van der Waals surface area contributed by atoms with Gasteiger partial charge in [0.2, 0.25) is 0 Å². The molecule has 150 valence electrons. The zero-order chi connectivity index (χ0) is 20.6. The molecule has 1 aliphatic rings. The van der Waals surface area contributed by atoms with Crippen molar-refractivity contribution >= 4 is 5.82 Å². The summed E-state index contributed by atoms with van der Waals surface area (Å²) in [5.74, 6) is -4.92. The number of nitrogens with two attached hydrogens (primary N) is 1. The largest absolute Gasteiger partial charge is 0.504 e. The van der Waals surface area contributed by atoms with Crippen LogP contribution in [0.25, 0.3) is 22.5 Å². The van der Waals surface area contributed by atoms with Crippen molar-refractivity contribution < 1.29 is 18.3 Å². The summed E-state index contributed by atoms with van der Waals surface area (Å²) in [7, 11) is 0. The van der Waals surface area contributed by atoms with E-state index in [1.165, 1.54) is 24.4 Å². The average Bonchev–Trinajstić information content (AvgIpc) is 2.70. The van der Waals surface area contributed by atoms with E-state index >= 15 is 0 Å². The highest BCUT2D eigenvalue weighted by atomic mass is 19.3. The van der Waals surface area contributed by atoms with E-state index in [1.807, 2.05) is 0 Å². The van der Waals surface area contributed by atoms with Crippen LogP contribution in [0.3, 0.4) is 0 Å². The van der Waals surface area contributed by atoms with Crippen molar-refractivity contribution in [2.75, 3.05) is 5.73 Å². The Labute approximate surface area is 165 Å². The fraction of sp³-hybridized carbons (Fsp3) is 0.286. The van der Waals surface area contributed by atoms with Gasteiger partial charge in [0.1, 0.15) is 0 Å². The molecule has 3 N–H and O–H groups in total. The smallest absolute Gasteiger partial charge is 0.254 e. The van der Waals surface area contributed by atoms with E-state index in [2.05, 4.69) is 15.2 Å². The van der Waals surface area contributed by atoms with Crippen molar-refractivity contribution in [3.8, 4) is 28.3 Å². The van der Waals surface area contributed by atoms with E-state index in [4.69, 9.17) is 5.73 Å². The van der Waals surface area contributed by atoms with Crippen LogP contribution in [-0.2, 0) is 0 Å². The Morgan fingerprint density at radius 3 is 2.66 bits per heavy atom. The number of benzene rings is 1. The number of aromatic nitrogens is 3. The van der Waals surface area contributed by atoms with Gasteiger partial charge in [-0.2, -0.15) is 0 Å². The van der Waals surface area contributed by atoms with Gasteiger partial charge in [0.05, 0.1) is 11.4 Å². The third kappa shape index (κ3) is 3.62. The molecule has 1 atom stereocenters. The Balaban J connectivity index is 1.77. The minimum Gasteiger partial charge on any atom is -0.504 e.